The van der Waals surface area contributed by atoms with E-state index in [2.05, 4.69) is 9.97 Å². The Morgan fingerprint density at radius 3 is 3.00 bits per heavy atom. The van der Waals surface area contributed by atoms with Crippen molar-refractivity contribution in [1.29, 1.82) is 0 Å². The highest BCUT2D eigenvalue weighted by molar-refractivity contribution is 7.17. The Bertz CT molecular complexity index is 822. The van der Waals surface area contributed by atoms with Gasteiger partial charge in [0, 0.05) is 22.7 Å². The molecule has 0 fully saturated rings. The fourth-order valence-electron chi connectivity index (χ4n) is 2.16. The van der Waals surface area contributed by atoms with E-state index in [0.717, 1.165) is 16.9 Å². The molecule has 0 atom stereocenters. The Balaban J connectivity index is 2.09. The van der Waals surface area contributed by atoms with Crippen molar-refractivity contribution in [3.8, 4) is 10.6 Å². The minimum atomic E-state index is -0.415. The molecule has 3 aromatic rings. The molecule has 4 nitrogen and oxygen atoms in total. The summed E-state index contributed by atoms with van der Waals surface area (Å²) in [6, 6.07) is 5.15. The van der Waals surface area contributed by atoms with Gasteiger partial charge >= 0.3 is 5.97 Å². The molecule has 21 heavy (non-hydrogen) atoms. The number of carbonyl (C=O) groups excluding carboxylic acids is 1. The van der Waals surface area contributed by atoms with Gasteiger partial charge in [0.05, 0.1) is 12.3 Å². The third kappa shape index (κ3) is 2.31. The van der Waals surface area contributed by atoms with Crippen molar-refractivity contribution in [3.05, 3.63) is 40.8 Å². The second-order valence-electron chi connectivity index (χ2n) is 4.52. The van der Waals surface area contributed by atoms with Crippen LogP contribution in [0.1, 0.15) is 22.3 Å². The third-order valence-corrected chi connectivity index (χ3v) is 4.33. The van der Waals surface area contributed by atoms with Crippen molar-refractivity contribution in [1.82, 2.24) is 9.97 Å². The summed E-state index contributed by atoms with van der Waals surface area (Å²) in [4.78, 5) is 19.5. The number of hydrogen-bond donors (Lipinski definition) is 1. The van der Waals surface area contributed by atoms with Gasteiger partial charge in [0.15, 0.2) is 0 Å². The average Bonchev–Trinajstić information content (AvgIpc) is 3.06. The molecular weight excluding hydrogens is 291 g/mol. The molecule has 1 aromatic carbocycles. The maximum absolute atomic E-state index is 14.5. The van der Waals surface area contributed by atoms with Crippen LogP contribution in [0.3, 0.4) is 0 Å². The van der Waals surface area contributed by atoms with Crippen LogP contribution >= 0.6 is 11.3 Å². The average molecular weight is 304 g/mol. The molecule has 108 valence electrons. The van der Waals surface area contributed by atoms with Crippen molar-refractivity contribution < 1.29 is 13.9 Å². The van der Waals surface area contributed by atoms with Gasteiger partial charge in [-0.25, -0.2) is 14.2 Å². The van der Waals surface area contributed by atoms with Crippen LogP contribution in [0.15, 0.2) is 24.4 Å². The Hall–Kier alpha value is -2.21. The van der Waals surface area contributed by atoms with Crippen LogP contribution in [0.25, 0.3) is 21.5 Å². The van der Waals surface area contributed by atoms with E-state index in [0.29, 0.717) is 33.1 Å². The van der Waals surface area contributed by atoms with Gasteiger partial charge in [-0.2, -0.15) is 0 Å². The number of carbonyl (C=O) groups is 1. The summed E-state index contributed by atoms with van der Waals surface area (Å²) in [6.07, 6.45) is 1.69. The number of fused-ring (bicyclic) bond motifs is 1. The highest BCUT2D eigenvalue weighted by atomic mass is 32.1. The van der Waals surface area contributed by atoms with Gasteiger partial charge < -0.3 is 9.72 Å². The van der Waals surface area contributed by atoms with Gasteiger partial charge in [0.25, 0.3) is 0 Å². The number of aromatic nitrogens is 2. The Kier molecular flexibility index (Phi) is 3.47. The predicted octanol–water partition coefficient (Wildman–Crippen LogP) is 3.92. The Morgan fingerprint density at radius 1 is 1.43 bits per heavy atom. The molecule has 0 radical (unpaired) electrons. The largest absolute Gasteiger partial charge is 0.462 e. The molecule has 0 aliphatic carbocycles. The smallest absolute Gasteiger partial charge is 0.350 e. The molecule has 2 heterocycles. The minimum Gasteiger partial charge on any atom is -0.462 e. The number of aryl methyl sites for hydroxylation is 1. The van der Waals surface area contributed by atoms with Crippen molar-refractivity contribution >= 4 is 28.2 Å². The molecule has 2 aromatic heterocycles. The van der Waals surface area contributed by atoms with Gasteiger partial charge in [-0.3, -0.25) is 0 Å². The van der Waals surface area contributed by atoms with Crippen LogP contribution in [0, 0.1) is 12.7 Å². The van der Waals surface area contributed by atoms with Crippen molar-refractivity contribution in [3.63, 3.8) is 0 Å². The van der Waals surface area contributed by atoms with Crippen LogP contribution in [0.4, 0.5) is 4.39 Å². The fraction of sp³-hybridized carbons (Fsp3) is 0.200. The molecule has 0 saturated heterocycles. The molecule has 0 unspecified atom stereocenters. The molecule has 0 spiro atoms. The lowest BCUT2D eigenvalue weighted by molar-refractivity contribution is 0.0531. The zero-order valence-corrected chi connectivity index (χ0v) is 12.4. The molecule has 0 amide bonds. The summed E-state index contributed by atoms with van der Waals surface area (Å²) in [6.45, 7) is 3.77. The number of rotatable bonds is 3. The van der Waals surface area contributed by atoms with E-state index in [1.165, 1.54) is 0 Å². The molecular formula is C15H13FN2O2S. The van der Waals surface area contributed by atoms with Crippen LogP contribution in [-0.4, -0.2) is 22.5 Å². The zero-order valence-electron chi connectivity index (χ0n) is 11.6. The maximum Gasteiger partial charge on any atom is 0.350 e. The van der Waals surface area contributed by atoms with E-state index >= 15 is 0 Å². The Labute approximate surface area is 124 Å². The first-order valence-electron chi connectivity index (χ1n) is 6.52. The second-order valence-corrected chi connectivity index (χ2v) is 5.52. The monoisotopic (exact) mass is 304 g/mol. The topological polar surface area (TPSA) is 55.0 Å². The van der Waals surface area contributed by atoms with Gasteiger partial charge in [0.2, 0.25) is 0 Å². The molecule has 0 aliphatic heterocycles. The van der Waals surface area contributed by atoms with Crippen molar-refractivity contribution in [2.45, 2.75) is 13.8 Å². The molecule has 0 saturated carbocycles. The van der Waals surface area contributed by atoms with Crippen LogP contribution in [0.5, 0.6) is 0 Å². The normalized spacial score (nSPS) is 11.0. The number of thiazole rings is 1. The van der Waals surface area contributed by atoms with E-state index < -0.39 is 5.97 Å². The van der Waals surface area contributed by atoms with E-state index in [9.17, 15) is 9.18 Å². The number of aromatic amines is 1. The molecule has 1 N–H and O–H groups in total. The van der Waals surface area contributed by atoms with Crippen LogP contribution in [-0.2, 0) is 4.74 Å². The summed E-state index contributed by atoms with van der Waals surface area (Å²) >= 11 is 1.15. The van der Waals surface area contributed by atoms with E-state index in [1.807, 2.05) is 0 Å². The predicted molar refractivity (Wildman–Crippen MR) is 80.1 cm³/mol. The standard InChI is InChI=1S/C15H13FN2O2S/c1-3-20-15(19)13-8(2)18-14(21-13)10-4-5-11-9(12(10)16)6-7-17-11/h4-7,17H,3H2,1-2H3. The molecule has 6 heteroatoms. The van der Waals surface area contributed by atoms with Crippen molar-refractivity contribution in [2.75, 3.05) is 6.61 Å². The summed E-state index contributed by atoms with van der Waals surface area (Å²) in [7, 11) is 0. The number of nitrogens with one attached hydrogen (secondary N) is 1. The third-order valence-electron chi connectivity index (χ3n) is 3.16. The van der Waals surface area contributed by atoms with Gasteiger partial charge in [-0.15, -0.1) is 11.3 Å². The fourth-order valence-corrected chi connectivity index (χ4v) is 3.14. The number of nitrogens with zero attached hydrogens (tertiary/aromatic N) is 1. The number of hydrogen-bond acceptors (Lipinski definition) is 4. The zero-order chi connectivity index (χ0) is 15.0. The number of benzene rings is 1. The number of halogens is 1. The first-order chi connectivity index (χ1) is 10.1. The quantitative estimate of drug-likeness (QED) is 0.746. The van der Waals surface area contributed by atoms with E-state index in [4.69, 9.17) is 4.74 Å². The number of esters is 1. The maximum atomic E-state index is 14.5. The summed E-state index contributed by atoms with van der Waals surface area (Å²) in [5, 5.41) is 0.995. The summed E-state index contributed by atoms with van der Waals surface area (Å²) < 4.78 is 19.5. The van der Waals surface area contributed by atoms with E-state index in [1.54, 1.807) is 38.2 Å². The lowest BCUT2D eigenvalue weighted by atomic mass is 10.1. The number of ether oxygens (including phenoxy) is 1. The van der Waals surface area contributed by atoms with E-state index in [-0.39, 0.29) is 5.82 Å². The highest BCUT2D eigenvalue weighted by Crippen LogP contribution is 2.33. The van der Waals surface area contributed by atoms with Crippen LogP contribution in [0.2, 0.25) is 0 Å². The summed E-state index contributed by atoms with van der Waals surface area (Å²) in [5.74, 6) is -0.750. The van der Waals surface area contributed by atoms with Gasteiger partial charge in [-0.05, 0) is 32.0 Å². The van der Waals surface area contributed by atoms with Crippen LogP contribution < -0.4 is 0 Å². The Morgan fingerprint density at radius 2 is 2.24 bits per heavy atom. The lowest BCUT2D eigenvalue weighted by Gasteiger charge is -2.00. The van der Waals surface area contributed by atoms with Gasteiger partial charge in [-0.1, -0.05) is 0 Å². The minimum absolute atomic E-state index is 0.301. The lowest BCUT2D eigenvalue weighted by Crippen LogP contribution is -2.03. The number of H-pyrrole nitrogens is 1. The summed E-state index contributed by atoms with van der Waals surface area (Å²) in [5.41, 5.74) is 1.68. The highest BCUT2D eigenvalue weighted by Gasteiger charge is 2.19. The molecule has 0 bridgehead atoms. The van der Waals surface area contributed by atoms with Gasteiger partial charge in [0.1, 0.15) is 15.7 Å². The first-order valence-corrected chi connectivity index (χ1v) is 7.34. The SMILES string of the molecule is CCOC(=O)c1sc(-c2ccc3[nH]ccc3c2F)nc1C. The molecule has 3 rings (SSSR count). The second kappa shape index (κ2) is 5.29. The van der Waals surface area contributed by atoms with Crippen molar-refractivity contribution in [2.24, 2.45) is 0 Å². The molecule has 0 aliphatic rings. The first kappa shape index (κ1) is 13.8.